The molecule has 20 heavy (non-hydrogen) atoms. The van der Waals surface area contributed by atoms with Crippen LogP contribution in [0.5, 0.6) is 5.75 Å². The molecule has 2 aromatic carbocycles. The number of benzene rings is 2. The number of hydrogen-bond acceptors (Lipinski definition) is 2. The molecule has 0 spiro atoms. The average molecular weight is 333 g/mol. The third-order valence-corrected chi connectivity index (χ3v) is 3.87. The van der Waals surface area contributed by atoms with Crippen LogP contribution in [-0.4, -0.2) is 12.4 Å². The van der Waals surface area contributed by atoms with Crippen LogP contribution >= 0.6 is 15.9 Å². The molecule has 0 saturated heterocycles. The Labute approximate surface area is 127 Å². The molecule has 0 aromatic heterocycles. The highest BCUT2D eigenvalue weighted by molar-refractivity contribution is 9.10. The third-order valence-electron chi connectivity index (χ3n) is 3.21. The van der Waals surface area contributed by atoms with Gasteiger partial charge in [-0.1, -0.05) is 37.3 Å². The summed E-state index contributed by atoms with van der Waals surface area (Å²) in [5.41, 5.74) is 1.71. The van der Waals surface area contributed by atoms with Gasteiger partial charge in [0.25, 0.3) is 0 Å². The molecule has 0 aliphatic rings. The van der Waals surface area contributed by atoms with Crippen molar-refractivity contribution < 1.29 is 9.53 Å². The van der Waals surface area contributed by atoms with Crippen LogP contribution in [0.3, 0.4) is 0 Å². The maximum absolute atomic E-state index is 12.6. The van der Waals surface area contributed by atoms with Crippen molar-refractivity contribution in [3.63, 3.8) is 0 Å². The maximum Gasteiger partial charge on any atom is 0.171 e. The summed E-state index contributed by atoms with van der Waals surface area (Å²) >= 11 is 3.46. The van der Waals surface area contributed by atoms with Crippen LogP contribution in [0.2, 0.25) is 0 Å². The number of hydrogen-bond donors (Lipinski definition) is 0. The fourth-order valence-corrected chi connectivity index (χ4v) is 2.63. The van der Waals surface area contributed by atoms with Gasteiger partial charge in [0, 0.05) is 16.0 Å². The molecule has 2 aromatic rings. The number of ether oxygens (including phenoxy) is 1. The molecular weight excluding hydrogens is 316 g/mol. The molecule has 0 N–H and O–H groups in total. The fourth-order valence-electron chi connectivity index (χ4n) is 2.08. The number of ketones is 1. The molecule has 2 rings (SSSR count). The molecular formula is C17H17BrO2. The molecule has 1 atom stereocenters. The Balaban J connectivity index is 2.25. The summed E-state index contributed by atoms with van der Waals surface area (Å²) in [7, 11) is 0. The van der Waals surface area contributed by atoms with Crippen LogP contribution in [0.25, 0.3) is 0 Å². The van der Waals surface area contributed by atoms with E-state index in [0.29, 0.717) is 12.2 Å². The highest BCUT2D eigenvalue weighted by Crippen LogP contribution is 2.28. The zero-order valence-electron chi connectivity index (χ0n) is 11.6. The maximum atomic E-state index is 12.6. The lowest BCUT2D eigenvalue weighted by atomic mass is 9.92. The number of halogens is 1. The van der Waals surface area contributed by atoms with E-state index in [2.05, 4.69) is 15.9 Å². The minimum atomic E-state index is -0.162. The number of carbonyl (C=O) groups is 1. The molecule has 0 heterocycles. The smallest absolute Gasteiger partial charge is 0.171 e. The van der Waals surface area contributed by atoms with Gasteiger partial charge in [0.15, 0.2) is 5.78 Å². The van der Waals surface area contributed by atoms with Gasteiger partial charge in [-0.25, -0.2) is 0 Å². The van der Waals surface area contributed by atoms with Gasteiger partial charge in [-0.2, -0.15) is 0 Å². The lowest BCUT2D eigenvalue weighted by molar-refractivity contribution is 0.0965. The van der Waals surface area contributed by atoms with Crippen molar-refractivity contribution in [2.75, 3.05) is 6.61 Å². The monoisotopic (exact) mass is 332 g/mol. The van der Waals surface area contributed by atoms with E-state index in [-0.39, 0.29) is 11.7 Å². The number of carbonyl (C=O) groups excluding carboxylic acids is 1. The van der Waals surface area contributed by atoms with Gasteiger partial charge in [-0.3, -0.25) is 4.79 Å². The molecule has 0 bridgehead atoms. The van der Waals surface area contributed by atoms with E-state index < -0.39 is 0 Å². The SMILES string of the molecule is CCOc1ccc(C(=O)C(C)c2ccccc2)c(Br)c1. The largest absolute Gasteiger partial charge is 0.494 e. The zero-order chi connectivity index (χ0) is 14.5. The molecule has 104 valence electrons. The van der Waals surface area contributed by atoms with E-state index in [9.17, 15) is 4.79 Å². The van der Waals surface area contributed by atoms with Crippen LogP contribution in [0.1, 0.15) is 35.7 Å². The van der Waals surface area contributed by atoms with Gasteiger partial charge in [0.1, 0.15) is 5.75 Å². The second kappa shape index (κ2) is 6.71. The Kier molecular flexibility index (Phi) is 4.96. The predicted octanol–water partition coefficient (Wildman–Crippen LogP) is 4.83. The molecule has 1 unspecified atom stereocenters. The molecule has 0 saturated carbocycles. The van der Waals surface area contributed by atoms with E-state index in [1.807, 2.05) is 62.4 Å². The van der Waals surface area contributed by atoms with Crippen LogP contribution < -0.4 is 4.74 Å². The summed E-state index contributed by atoms with van der Waals surface area (Å²) in [6, 6.07) is 15.3. The summed E-state index contributed by atoms with van der Waals surface area (Å²) < 4.78 is 6.20. The van der Waals surface area contributed by atoms with Crippen molar-refractivity contribution in [3.8, 4) is 5.75 Å². The summed E-state index contributed by atoms with van der Waals surface area (Å²) in [4.78, 5) is 12.6. The highest BCUT2D eigenvalue weighted by Gasteiger charge is 2.19. The first kappa shape index (κ1) is 14.8. The van der Waals surface area contributed by atoms with Crippen LogP contribution in [0, 0.1) is 0 Å². The quantitative estimate of drug-likeness (QED) is 0.732. The van der Waals surface area contributed by atoms with Gasteiger partial charge >= 0.3 is 0 Å². The first-order valence-corrected chi connectivity index (χ1v) is 7.44. The van der Waals surface area contributed by atoms with Gasteiger partial charge in [-0.15, -0.1) is 0 Å². The van der Waals surface area contributed by atoms with Crippen molar-refractivity contribution in [1.82, 2.24) is 0 Å². The minimum Gasteiger partial charge on any atom is -0.494 e. The van der Waals surface area contributed by atoms with Crippen molar-refractivity contribution in [2.45, 2.75) is 19.8 Å². The first-order valence-electron chi connectivity index (χ1n) is 6.65. The Hall–Kier alpha value is -1.61. The van der Waals surface area contributed by atoms with Gasteiger partial charge < -0.3 is 4.74 Å². The Morgan fingerprint density at radius 1 is 1.20 bits per heavy atom. The highest BCUT2D eigenvalue weighted by atomic mass is 79.9. The van der Waals surface area contributed by atoms with E-state index in [1.165, 1.54) is 0 Å². The second-order valence-electron chi connectivity index (χ2n) is 4.57. The zero-order valence-corrected chi connectivity index (χ0v) is 13.2. The number of Topliss-reactive ketones (excluding diaryl/α,β-unsaturated/α-hetero) is 1. The predicted molar refractivity (Wildman–Crippen MR) is 84.5 cm³/mol. The summed E-state index contributed by atoms with van der Waals surface area (Å²) in [5.74, 6) is 0.708. The Bertz CT molecular complexity index is 593. The average Bonchev–Trinajstić information content (AvgIpc) is 2.47. The normalized spacial score (nSPS) is 11.9. The van der Waals surface area contributed by atoms with Crippen molar-refractivity contribution >= 4 is 21.7 Å². The molecule has 2 nitrogen and oxygen atoms in total. The second-order valence-corrected chi connectivity index (χ2v) is 5.43. The van der Waals surface area contributed by atoms with Crippen molar-refractivity contribution in [2.24, 2.45) is 0 Å². The fraction of sp³-hybridized carbons (Fsp3) is 0.235. The van der Waals surface area contributed by atoms with E-state index >= 15 is 0 Å². The van der Waals surface area contributed by atoms with Crippen LogP contribution in [0.4, 0.5) is 0 Å². The van der Waals surface area contributed by atoms with Crippen LogP contribution in [0.15, 0.2) is 53.0 Å². The van der Waals surface area contributed by atoms with E-state index in [0.717, 1.165) is 15.8 Å². The van der Waals surface area contributed by atoms with E-state index in [4.69, 9.17) is 4.74 Å². The molecule has 3 heteroatoms. The lowest BCUT2D eigenvalue weighted by Gasteiger charge is -2.13. The molecule has 0 amide bonds. The van der Waals surface area contributed by atoms with Gasteiger partial charge in [0.2, 0.25) is 0 Å². The molecule has 0 aliphatic carbocycles. The minimum absolute atomic E-state index is 0.103. The molecule has 0 radical (unpaired) electrons. The molecule has 0 aliphatic heterocycles. The van der Waals surface area contributed by atoms with E-state index in [1.54, 1.807) is 0 Å². The Morgan fingerprint density at radius 2 is 1.90 bits per heavy atom. The third kappa shape index (κ3) is 3.28. The summed E-state index contributed by atoms with van der Waals surface area (Å²) in [6.45, 7) is 4.48. The standard InChI is InChI=1S/C17H17BrO2/c1-3-20-14-9-10-15(16(18)11-14)17(19)12(2)13-7-5-4-6-8-13/h4-12H,3H2,1-2H3. The molecule has 0 fully saturated rings. The first-order chi connectivity index (χ1) is 9.63. The van der Waals surface area contributed by atoms with Crippen molar-refractivity contribution in [1.29, 1.82) is 0 Å². The van der Waals surface area contributed by atoms with Gasteiger partial charge in [0.05, 0.1) is 6.61 Å². The van der Waals surface area contributed by atoms with Crippen molar-refractivity contribution in [3.05, 3.63) is 64.1 Å². The number of rotatable bonds is 5. The van der Waals surface area contributed by atoms with Gasteiger partial charge in [-0.05, 0) is 46.6 Å². The topological polar surface area (TPSA) is 26.3 Å². The summed E-state index contributed by atoms with van der Waals surface area (Å²) in [6.07, 6.45) is 0. The summed E-state index contributed by atoms with van der Waals surface area (Å²) in [5, 5.41) is 0. The van der Waals surface area contributed by atoms with Crippen LogP contribution in [-0.2, 0) is 0 Å². The Morgan fingerprint density at radius 3 is 2.50 bits per heavy atom. The lowest BCUT2D eigenvalue weighted by Crippen LogP contribution is -2.10.